The second kappa shape index (κ2) is 8.82. The monoisotopic (exact) mass is 443 g/mol. The van der Waals surface area contributed by atoms with Gasteiger partial charge in [0.25, 0.3) is 0 Å². The van der Waals surface area contributed by atoms with Gasteiger partial charge < -0.3 is 9.47 Å². The van der Waals surface area contributed by atoms with Crippen LogP contribution in [0.2, 0.25) is 0 Å². The molecule has 3 heterocycles. The first-order valence-electron chi connectivity index (χ1n) is 11.0. The molecule has 0 unspecified atom stereocenters. The van der Waals surface area contributed by atoms with Crippen LogP contribution in [0.15, 0.2) is 71.8 Å². The summed E-state index contributed by atoms with van der Waals surface area (Å²) in [7, 11) is 1.62. The topological polar surface area (TPSA) is 75.1 Å². The van der Waals surface area contributed by atoms with Crippen molar-refractivity contribution in [1.82, 2.24) is 23.8 Å². The summed E-state index contributed by atoms with van der Waals surface area (Å²) in [4.78, 5) is 12.9. The molecule has 0 saturated heterocycles. The highest BCUT2D eigenvalue weighted by atomic mass is 16.5. The maximum atomic E-state index is 12.9. The molecule has 0 fully saturated rings. The van der Waals surface area contributed by atoms with Crippen molar-refractivity contribution >= 4 is 11.2 Å². The predicted octanol–water partition coefficient (Wildman–Crippen LogP) is 4.05. The van der Waals surface area contributed by atoms with Gasteiger partial charge in [0.05, 0.1) is 26.0 Å². The largest absolute Gasteiger partial charge is 0.497 e. The number of methoxy groups -OCH3 is 1. The lowest BCUT2D eigenvalue weighted by Crippen LogP contribution is -2.21. The molecule has 0 spiro atoms. The van der Waals surface area contributed by atoms with Gasteiger partial charge in [-0.25, -0.2) is 18.4 Å². The highest BCUT2D eigenvalue weighted by Gasteiger charge is 2.14. The maximum absolute atomic E-state index is 12.9. The van der Waals surface area contributed by atoms with Crippen molar-refractivity contribution in [3.8, 4) is 22.8 Å². The first-order valence-corrected chi connectivity index (χ1v) is 11.0. The van der Waals surface area contributed by atoms with Crippen LogP contribution in [0.1, 0.15) is 25.3 Å². The SMILES string of the molecule is CCCCOc1ccc(-c2cc3c4nn(Cc5cccc(OC)c5)c(=O)n4ccn3n2)cc1. The van der Waals surface area contributed by atoms with E-state index in [0.29, 0.717) is 12.2 Å². The summed E-state index contributed by atoms with van der Waals surface area (Å²) in [6.07, 6.45) is 5.61. The van der Waals surface area contributed by atoms with Gasteiger partial charge in [-0.2, -0.15) is 5.10 Å². The van der Waals surface area contributed by atoms with Crippen molar-refractivity contribution in [2.75, 3.05) is 13.7 Å². The Bertz CT molecular complexity index is 1460. The number of rotatable bonds is 8. The van der Waals surface area contributed by atoms with E-state index in [0.717, 1.165) is 53.3 Å². The van der Waals surface area contributed by atoms with Crippen LogP contribution in [0.25, 0.3) is 22.4 Å². The molecule has 8 nitrogen and oxygen atoms in total. The van der Waals surface area contributed by atoms with E-state index < -0.39 is 0 Å². The van der Waals surface area contributed by atoms with Gasteiger partial charge >= 0.3 is 5.69 Å². The van der Waals surface area contributed by atoms with Gasteiger partial charge in [0.2, 0.25) is 0 Å². The Morgan fingerprint density at radius 2 is 1.82 bits per heavy atom. The van der Waals surface area contributed by atoms with Crippen LogP contribution in [-0.4, -0.2) is 37.5 Å². The standard InChI is InChI=1S/C25H25N5O3/c1-3-4-14-33-20-10-8-19(9-11-20)22-16-23-24-27-30(17-18-6-5-7-21(15-18)32-2)25(31)28(24)12-13-29(23)26-22/h5-13,15-16H,3-4,14,17H2,1-2H3. The smallest absolute Gasteiger partial charge is 0.350 e. The second-order valence-electron chi connectivity index (χ2n) is 7.87. The van der Waals surface area contributed by atoms with E-state index in [1.165, 1.54) is 4.68 Å². The van der Waals surface area contributed by atoms with Crippen molar-refractivity contribution in [3.05, 3.63) is 83.0 Å². The fourth-order valence-corrected chi connectivity index (χ4v) is 3.78. The minimum atomic E-state index is -0.202. The van der Waals surface area contributed by atoms with Crippen molar-refractivity contribution in [2.45, 2.75) is 26.3 Å². The molecule has 0 bridgehead atoms. The molecule has 0 atom stereocenters. The molecule has 2 aromatic carbocycles. The van der Waals surface area contributed by atoms with Gasteiger partial charge in [-0.15, -0.1) is 5.10 Å². The van der Waals surface area contributed by atoms with Crippen LogP contribution in [0, 0.1) is 0 Å². The Balaban J connectivity index is 1.47. The van der Waals surface area contributed by atoms with Gasteiger partial charge in [0.15, 0.2) is 5.65 Å². The number of nitrogens with zero attached hydrogens (tertiary/aromatic N) is 5. The molecule has 0 aliphatic rings. The molecule has 8 heteroatoms. The maximum Gasteiger partial charge on any atom is 0.350 e. The van der Waals surface area contributed by atoms with Gasteiger partial charge in [0, 0.05) is 18.0 Å². The Morgan fingerprint density at radius 1 is 0.970 bits per heavy atom. The molecular formula is C25H25N5O3. The average molecular weight is 444 g/mol. The van der Waals surface area contributed by atoms with E-state index in [-0.39, 0.29) is 5.69 Å². The van der Waals surface area contributed by atoms with Crippen molar-refractivity contribution in [3.63, 3.8) is 0 Å². The molecule has 5 aromatic rings. The zero-order valence-corrected chi connectivity index (χ0v) is 18.6. The zero-order valence-electron chi connectivity index (χ0n) is 18.6. The molecule has 3 aromatic heterocycles. The highest BCUT2D eigenvalue weighted by Crippen LogP contribution is 2.24. The summed E-state index contributed by atoms with van der Waals surface area (Å²) in [5.74, 6) is 1.59. The van der Waals surface area contributed by atoms with Gasteiger partial charge in [-0.05, 0) is 54.4 Å². The number of aromatic nitrogens is 5. The number of fused-ring (bicyclic) bond motifs is 3. The first kappa shape index (κ1) is 20.8. The Morgan fingerprint density at radius 3 is 2.61 bits per heavy atom. The lowest BCUT2D eigenvalue weighted by Gasteiger charge is -2.05. The summed E-state index contributed by atoms with van der Waals surface area (Å²) in [6.45, 7) is 3.21. The first-order chi connectivity index (χ1) is 16.2. The van der Waals surface area contributed by atoms with Crippen LogP contribution in [0.3, 0.4) is 0 Å². The average Bonchev–Trinajstić information content (AvgIpc) is 3.41. The number of ether oxygens (including phenoxy) is 2. The van der Waals surface area contributed by atoms with Crippen LogP contribution in [0.4, 0.5) is 0 Å². The van der Waals surface area contributed by atoms with E-state index in [9.17, 15) is 4.79 Å². The Labute approximate surface area is 190 Å². The van der Waals surface area contributed by atoms with Crippen LogP contribution in [-0.2, 0) is 6.54 Å². The third kappa shape index (κ3) is 4.07. The van der Waals surface area contributed by atoms with Gasteiger partial charge in [-0.1, -0.05) is 25.5 Å². The summed E-state index contributed by atoms with van der Waals surface area (Å²) in [5, 5.41) is 9.28. The number of hydrogen-bond acceptors (Lipinski definition) is 5. The van der Waals surface area contributed by atoms with E-state index in [2.05, 4.69) is 17.1 Å². The molecule has 5 rings (SSSR count). The molecule has 0 aliphatic heterocycles. The van der Waals surface area contributed by atoms with E-state index in [1.54, 1.807) is 28.4 Å². The lowest BCUT2D eigenvalue weighted by molar-refractivity contribution is 0.309. The Kier molecular flexibility index (Phi) is 5.56. The third-order valence-corrected chi connectivity index (χ3v) is 5.58. The Hall–Kier alpha value is -4.07. The molecule has 0 N–H and O–H groups in total. The molecule has 0 radical (unpaired) electrons. The quantitative estimate of drug-likeness (QED) is 0.338. The number of unbranched alkanes of at least 4 members (excludes halogenated alkanes) is 1. The molecular weight excluding hydrogens is 418 g/mol. The van der Waals surface area contributed by atoms with Crippen molar-refractivity contribution in [2.24, 2.45) is 0 Å². The molecule has 0 saturated carbocycles. The molecule has 168 valence electrons. The predicted molar refractivity (Wildman–Crippen MR) is 126 cm³/mol. The van der Waals surface area contributed by atoms with Gasteiger partial charge in [-0.3, -0.25) is 0 Å². The lowest BCUT2D eigenvalue weighted by atomic mass is 10.1. The van der Waals surface area contributed by atoms with Crippen LogP contribution in [0.5, 0.6) is 11.5 Å². The summed E-state index contributed by atoms with van der Waals surface area (Å²) in [6, 6.07) is 17.5. The van der Waals surface area contributed by atoms with Crippen LogP contribution >= 0.6 is 0 Å². The zero-order chi connectivity index (χ0) is 22.8. The van der Waals surface area contributed by atoms with E-state index in [4.69, 9.17) is 9.47 Å². The van der Waals surface area contributed by atoms with Gasteiger partial charge in [0.1, 0.15) is 17.0 Å². The van der Waals surface area contributed by atoms with E-state index >= 15 is 0 Å². The van der Waals surface area contributed by atoms with E-state index in [1.807, 2.05) is 54.6 Å². The molecule has 33 heavy (non-hydrogen) atoms. The molecule has 0 amide bonds. The summed E-state index contributed by atoms with van der Waals surface area (Å²) in [5.41, 5.74) is 3.83. The van der Waals surface area contributed by atoms with Crippen molar-refractivity contribution < 1.29 is 9.47 Å². The normalized spacial score (nSPS) is 11.3. The fourth-order valence-electron chi connectivity index (χ4n) is 3.78. The van der Waals surface area contributed by atoms with Crippen molar-refractivity contribution in [1.29, 1.82) is 0 Å². The highest BCUT2D eigenvalue weighted by molar-refractivity contribution is 5.76. The third-order valence-electron chi connectivity index (χ3n) is 5.58. The number of benzene rings is 2. The second-order valence-corrected chi connectivity index (χ2v) is 7.87. The van der Waals surface area contributed by atoms with Crippen LogP contribution < -0.4 is 15.2 Å². The number of hydrogen-bond donors (Lipinski definition) is 0. The minimum Gasteiger partial charge on any atom is -0.497 e. The summed E-state index contributed by atoms with van der Waals surface area (Å²) >= 11 is 0. The molecule has 0 aliphatic carbocycles. The minimum absolute atomic E-state index is 0.202. The fraction of sp³-hybridized carbons (Fsp3) is 0.240. The summed E-state index contributed by atoms with van der Waals surface area (Å²) < 4.78 is 15.8.